The highest BCUT2D eigenvalue weighted by Gasteiger charge is 2.20. The lowest BCUT2D eigenvalue weighted by molar-refractivity contribution is -0.116. The van der Waals surface area contributed by atoms with Crippen LogP contribution in [-0.2, 0) is 24.3 Å². The van der Waals surface area contributed by atoms with Gasteiger partial charge in [0.1, 0.15) is 17.9 Å². The fourth-order valence-corrected chi connectivity index (χ4v) is 3.80. The molecule has 1 aliphatic rings. The van der Waals surface area contributed by atoms with Crippen LogP contribution in [0.25, 0.3) is 11.0 Å². The molecule has 6 nitrogen and oxygen atoms in total. The van der Waals surface area contributed by atoms with Crippen molar-refractivity contribution < 1.29 is 4.79 Å². The molecule has 27 heavy (non-hydrogen) atoms. The monoisotopic (exact) mass is 364 g/mol. The first-order valence-electron chi connectivity index (χ1n) is 9.40. The van der Waals surface area contributed by atoms with Crippen molar-refractivity contribution in [2.45, 2.75) is 53.1 Å². The molecular formula is C21H24N4O2. The number of hydrogen-bond donors (Lipinski definition) is 1. The van der Waals surface area contributed by atoms with Gasteiger partial charge in [0.15, 0.2) is 0 Å². The van der Waals surface area contributed by atoms with Gasteiger partial charge >= 0.3 is 0 Å². The van der Waals surface area contributed by atoms with Gasteiger partial charge in [-0.05, 0) is 56.9 Å². The molecular weight excluding hydrogens is 340 g/mol. The molecule has 6 heteroatoms. The molecule has 4 rings (SSSR count). The number of carbonyl (C=O) groups excluding carboxylic acids is 1. The Morgan fingerprint density at radius 1 is 1.19 bits per heavy atom. The molecule has 0 saturated heterocycles. The third kappa shape index (κ3) is 3.16. The molecule has 0 spiro atoms. The van der Waals surface area contributed by atoms with Crippen LogP contribution in [0.4, 0.5) is 5.69 Å². The third-order valence-electron chi connectivity index (χ3n) is 5.29. The Morgan fingerprint density at radius 3 is 2.81 bits per heavy atom. The maximum absolute atomic E-state index is 13.0. The van der Waals surface area contributed by atoms with E-state index in [2.05, 4.69) is 10.3 Å². The topological polar surface area (TPSA) is 68.9 Å². The summed E-state index contributed by atoms with van der Waals surface area (Å²) in [6, 6.07) is 7.87. The van der Waals surface area contributed by atoms with E-state index >= 15 is 0 Å². The minimum Gasteiger partial charge on any atom is -0.330 e. The lowest BCUT2D eigenvalue weighted by Gasteiger charge is -2.17. The second kappa shape index (κ2) is 6.68. The van der Waals surface area contributed by atoms with Gasteiger partial charge in [-0.2, -0.15) is 0 Å². The average molecular weight is 364 g/mol. The summed E-state index contributed by atoms with van der Waals surface area (Å²) in [7, 11) is 0. The van der Waals surface area contributed by atoms with E-state index < -0.39 is 0 Å². The minimum atomic E-state index is -0.147. The highest BCUT2D eigenvalue weighted by atomic mass is 16.2. The van der Waals surface area contributed by atoms with E-state index in [0.29, 0.717) is 17.6 Å². The molecule has 1 aromatic carbocycles. The van der Waals surface area contributed by atoms with Crippen molar-refractivity contribution in [1.82, 2.24) is 14.1 Å². The summed E-state index contributed by atoms with van der Waals surface area (Å²) < 4.78 is 3.55. The highest BCUT2D eigenvalue weighted by molar-refractivity contribution is 5.92. The zero-order valence-corrected chi connectivity index (χ0v) is 16.0. The number of aromatic nitrogens is 3. The second-order valence-electron chi connectivity index (χ2n) is 7.41. The van der Waals surface area contributed by atoms with Crippen LogP contribution in [0.2, 0.25) is 0 Å². The van der Waals surface area contributed by atoms with E-state index in [1.54, 1.807) is 9.13 Å². The number of hydrogen-bond acceptors (Lipinski definition) is 3. The minimum absolute atomic E-state index is 0.0395. The van der Waals surface area contributed by atoms with Crippen molar-refractivity contribution >= 4 is 22.6 Å². The number of rotatable bonds is 3. The molecule has 0 atom stereocenters. The molecule has 1 aliphatic heterocycles. The smallest absolute Gasteiger partial charge is 0.278 e. The molecule has 140 valence electrons. The van der Waals surface area contributed by atoms with Crippen molar-refractivity contribution in [3.05, 3.63) is 57.3 Å². The summed E-state index contributed by atoms with van der Waals surface area (Å²) >= 11 is 0. The van der Waals surface area contributed by atoms with E-state index in [0.717, 1.165) is 47.6 Å². The van der Waals surface area contributed by atoms with Gasteiger partial charge in [-0.1, -0.05) is 12.1 Å². The molecule has 0 saturated carbocycles. The van der Waals surface area contributed by atoms with Gasteiger partial charge in [-0.3, -0.25) is 14.2 Å². The van der Waals surface area contributed by atoms with E-state index in [1.807, 2.05) is 45.0 Å². The van der Waals surface area contributed by atoms with Gasteiger partial charge in [0, 0.05) is 24.3 Å². The Bertz CT molecular complexity index is 1110. The molecule has 0 radical (unpaired) electrons. The SMILES string of the molecule is Cc1ccc(C)c(NC(=O)Cn2c(C)cc3nc4n(c(=O)c32)CCCC4)c1. The quantitative estimate of drug-likeness (QED) is 0.776. The van der Waals surface area contributed by atoms with Crippen LogP contribution in [0.3, 0.4) is 0 Å². The second-order valence-corrected chi connectivity index (χ2v) is 7.41. The maximum atomic E-state index is 13.0. The molecule has 3 heterocycles. The van der Waals surface area contributed by atoms with Gasteiger partial charge in [0.05, 0.1) is 5.52 Å². The number of nitrogens with one attached hydrogen (secondary N) is 1. The molecule has 0 fully saturated rings. The lowest BCUT2D eigenvalue weighted by atomic mass is 10.1. The van der Waals surface area contributed by atoms with Crippen LogP contribution in [0.15, 0.2) is 29.1 Å². The Kier molecular flexibility index (Phi) is 4.34. The average Bonchev–Trinajstić information content (AvgIpc) is 2.94. The fraction of sp³-hybridized carbons (Fsp3) is 0.381. The third-order valence-corrected chi connectivity index (χ3v) is 5.29. The summed E-state index contributed by atoms with van der Waals surface area (Å²) in [5, 5.41) is 2.97. The van der Waals surface area contributed by atoms with E-state index in [4.69, 9.17) is 0 Å². The molecule has 3 aromatic rings. The largest absolute Gasteiger partial charge is 0.330 e. The van der Waals surface area contributed by atoms with Crippen LogP contribution in [0, 0.1) is 20.8 Å². The first-order chi connectivity index (χ1) is 12.9. The van der Waals surface area contributed by atoms with Crippen molar-refractivity contribution in [2.24, 2.45) is 0 Å². The van der Waals surface area contributed by atoms with Crippen molar-refractivity contribution in [3.63, 3.8) is 0 Å². The zero-order chi connectivity index (χ0) is 19.1. The highest BCUT2D eigenvalue weighted by Crippen LogP contribution is 2.20. The number of fused-ring (bicyclic) bond motifs is 2. The van der Waals surface area contributed by atoms with Crippen molar-refractivity contribution in [2.75, 3.05) is 5.32 Å². The molecule has 2 aromatic heterocycles. The van der Waals surface area contributed by atoms with Gasteiger partial charge in [-0.25, -0.2) is 4.98 Å². The molecule has 0 unspecified atom stereocenters. The van der Waals surface area contributed by atoms with Crippen LogP contribution in [0.1, 0.15) is 35.5 Å². The first kappa shape index (κ1) is 17.5. The van der Waals surface area contributed by atoms with E-state index in [1.165, 1.54) is 0 Å². The number of anilines is 1. The molecule has 1 N–H and O–H groups in total. The normalized spacial score (nSPS) is 13.6. The van der Waals surface area contributed by atoms with Crippen molar-refractivity contribution in [3.8, 4) is 0 Å². The summed E-state index contributed by atoms with van der Waals surface area (Å²) in [4.78, 5) is 30.4. The summed E-state index contributed by atoms with van der Waals surface area (Å²) in [6.07, 6.45) is 2.89. The number of benzene rings is 1. The Hall–Kier alpha value is -2.89. The van der Waals surface area contributed by atoms with Gasteiger partial charge in [-0.15, -0.1) is 0 Å². The summed E-state index contributed by atoms with van der Waals surface area (Å²) in [6.45, 7) is 6.67. The number of aryl methyl sites for hydroxylation is 4. The van der Waals surface area contributed by atoms with Crippen LogP contribution < -0.4 is 10.9 Å². The fourth-order valence-electron chi connectivity index (χ4n) is 3.80. The summed E-state index contributed by atoms with van der Waals surface area (Å²) in [5.74, 6) is 0.710. The van der Waals surface area contributed by atoms with E-state index in [9.17, 15) is 9.59 Å². The maximum Gasteiger partial charge on any atom is 0.278 e. The Morgan fingerprint density at radius 2 is 2.00 bits per heavy atom. The van der Waals surface area contributed by atoms with Crippen LogP contribution >= 0.6 is 0 Å². The lowest BCUT2D eigenvalue weighted by Crippen LogP contribution is -2.30. The van der Waals surface area contributed by atoms with E-state index in [-0.39, 0.29) is 18.0 Å². The number of amides is 1. The zero-order valence-electron chi connectivity index (χ0n) is 16.0. The number of carbonyl (C=O) groups is 1. The predicted molar refractivity (Wildman–Crippen MR) is 106 cm³/mol. The molecule has 0 aliphatic carbocycles. The van der Waals surface area contributed by atoms with Gasteiger partial charge in [0.25, 0.3) is 5.56 Å². The summed E-state index contributed by atoms with van der Waals surface area (Å²) in [5.41, 5.74) is 4.95. The first-order valence-corrected chi connectivity index (χ1v) is 9.40. The molecule has 0 bridgehead atoms. The standard InChI is InChI=1S/C21H24N4O2/c1-13-7-8-14(2)16(10-13)23-19(26)12-25-15(3)11-17-20(25)21(27)24-9-5-4-6-18(24)22-17/h7-8,10-11H,4-6,9,12H2,1-3H3,(H,23,26). The Balaban J connectivity index is 1.69. The Labute approximate surface area is 157 Å². The van der Waals surface area contributed by atoms with Gasteiger partial charge < -0.3 is 9.88 Å². The molecule has 1 amide bonds. The van der Waals surface area contributed by atoms with Gasteiger partial charge in [0.2, 0.25) is 5.91 Å². The van der Waals surface area contributed by atoms with Crippen LogP contribution in [-0.4, -0.2) is 20.0 Å². The van der Waals surface area contributed by atoms with Crippen molar-refractivity contribution in [1.29, 1.82) is 0 Å². The predicted octanol–water partition coefficient (Wildman–Crippen LogP) is 3.10. The number of nitrogens with zero attached hydrogens (tertiary/aromatic N) is 3. The van der Waals surface area contributed by atoms with Crippen LogP contribution in [0.5, 0.6) is 0 Å².